The van der Waals surface area contributed by atoms with E-state index >= 15 is 0 Å². The van der Waals surface area contributed by atoms with E-state index in [0.717, 1.165) is 5.56 Å². The van der Waals surface area contributed by atoms with Crippen LogP contribution in [0.3, 0.4) is 0 Å². The van der Waals surface area contributed by atoms with Crippen molar-refractivity contribution in [1.82, 2.24) is 4.90 Å². The zero-order valence-corrected chi connectivity index (χ0v) is 11.8. The van der Waals surface area contributed by atoms with Gasteiger partial charge < -0.3 is 15.4 Å². The second-order valence-corrected chi connectivity index (χ2v) is 5.22. The zero-order chi connectivity index (χ0) is 13.8. The summed E-state index contributed by atoms with van der Waals surface area (Å²) in [5.41, 5.74) is 7.20. The molecule has 5 heteroatoms. The lowest BCUT2D eigenvalue weighted by Gasteiger charge is -2.40. The number of nitrogens with two attached hydrogens (primary N) is 1. The van der Waals surface area contributed by atoms with E-state index in [1.807, 2.05) is 29.2 Å². The van der Waals surface area contributed by atoms with E-state index in [1.165, 1.54) is 0 Å². The van der Waals surface area contributed by atoms with Crippen molar-refractivity contribution in [1.29, 1.82) is 0 Å². The Bertz CT molecular complexity index is 453. The first kappa shape index (κ1) is 14.3. The van der Waals surface area contributed by atoms with E-state index in [1.54, 1.807) is 7.11 Å². The Morgan fingerprint density at radius 3 is 3.00 bits per heavy atom. The van der Waals surface area contributed by atoms with Gasteiger partial charge in [0.1, 0.15) is 0 Å². The molecule has 2 atom stereocenters. The fraction of sp³-hybridized carbons (Fsp3) is 0.500. The third kappa shape index (κ3) is 3.26. The molecule has 1 aromatic carbocycles. The fourth-order valence-electron chi connectivity index (χ4n) is 2.55. The van der Waals surface area contributed by atoms with Crippen LogP contribution in [0.4, 0.5) is 0 Å². The summed E-state index contributed by atoms with van der Waals surface area (Å²) in [4.78, 5) is 13.9. The molecule has 2 rings (SSSR count). The van der Waals surface area contributed by atoms with Crippen LogP contribution in [-0.4, -0.2) is 37.1 Å². The Hall–Kier alpha value is -1.10. The second kappa shape index (κ2) is 6.37. The van der Waals surface area contributed by atoms with Crippen molar-refractivity contribution in [2.75, 3.05) is 20.3 Å². The van der Waals surface area contributed by atoms with Crippen LogP contribution >= 0.6 is 11.6 Å². The van der Waals surface area contributed by atoms with Crippen molar-refractivity contribution in [3.05, 3.63) is 34.9 Å². The molecule has 19 heavy (non-hydrogen) atoms. The molecule has 1 heterocycles. The molecule has 1 aromatic rings. The molecule has 0 bridgehead atoms. The van der Waals surface area contributed by atoms with Crippen molar-refractivity contribution in [3.63, 3.8) is 0 Å². The van der Waals surface area contributed by atoms with Gasteiger partial charge in [0.25, 0.3) is 0 Å². The molecule has 1 aliphatic heterocycles. The standard InChI is InChI=1S/C14H19ClN2O2/c1-19-8-7-17-13(18)6-5-12(16)14(17)10-3-2-4-11(15)9-10/h2-4,9,12,14H,5-8,16H2,1H3. The minimum atomic E-state index is -0.116. The van der Waals surface area contributed by atoms with E-state index < -0.39 is 0 Å². The lowest BCUT2D eigenvalue weighted by Crippen LogP contribution is -2.49. The summed E-state index contributed by atoms with van der Waals surface area (Å²) < 4.78 is 5.08. The molecule has 0 aromatic heterocycles. The van der Waals surface area contributed by atoms with Gasteiger partial charge in [-0.05, 0) is 24.1 Å². The number of nitrogens with zero attached hydrogens (tertiary/aromatic N) is 1. The summed E-state index contributed by atoms with van der Waals surface area (Å²) in [6.45, 7) is 1.07. The zero-order valence-electron chi connectivity index (χ0n) is 11.0. The Morgan fingerprint density at radius 2 is 2.32 bits per heavy atom. The SMILES string of the molecule is COCCN1C(=O)CCC(N)C1c1cccc(Cl)c1. The number of amides is 1. The highest BCUT2D eigenvalue weighted by molar-refractivity contribution is 6.30. The maximum atomic E-state index is 12.1. The highest BCUT2D eigenvalue weighted by Gasteiger charge is 2.34. The van der Waals surface area contributed by atoms with Gasteiger partial charge in [0.05, 0.1) is 12.6 Å². The highest BCUT2D eigenvalue weighted by Crippen LogP contribution is 2.31. The Labute approximate surface area is 118 Å². The van der Waals surface area contributed by atoms with Crippen molar-refractivity contribution in [2.45, 2.75) is 24.9 Å². The molecule has 0 spiro atoms. The molecule has 1 aliphatic rings. The number of methoxy groups -OCH3 is 1. The minimum Gasteiger partial charge on any atom is -0.383 e. The first-order valence-corrected chi connectivity index (χ1v) is 6.80. The predicted octanol–water partition coefficient (Wildman–Crippen LogP) is 1.98. The van der Waals surface area contributed by atoms with Gasteiger partial charge in [-0.25, -0.2) is 0 Å². The molecule has 1 amide bonds. The molecule has 104 valence electrons. The monoisotopic (exact) mass is 282 g/mol. The molecule has 0 saturated carbocycles. The summed E-state index contributed by atoms with van der Waals surface area (Å²) >= 11 is 6.03. The number of hydrogen-bond donors (Lipinski definition) is 1. The number of carbonyl (C=O) groups is 1. The number of halogens is 1. The van der Waals surface area contributed by atoms with Gasteiger partial charge in [-0.3, -0.25) is 4.79 Å². The predicted molar refractivity (Wildman–Crippen MR) is 75.0 cm³/mol. The highest BCUT2D eigenvalue weighted by atomic mass is 35.5. The normalized spacial score (nSPS) is 23.7. The minimum absolute atomic E-state index is 0.0620. The van der Waals surface area contributed by atoms with Crippen LogP contribution in [-0.2, 0) is 9.53 Å². The van der Waals surface area contributed by atoms with Crippen LogP contribution < -0.4 is 5.73 Å². The molecule has 4 nitrogen and oxygen atoms in total. The van der Waals surface area contributed by atoms with Crippen LogP contribution in [0.2, 0.25) is 5.02 Å². The topological polar surface area (TPSA) is 55.6 Å². The van der Waals surface area contributed by atoms with Crippen LogP contribution in [0.1, 0.15) is 24.4 Å². The smallest absolute Gasteiger partial charge is 0.223 e. The lowest BCUT2D eigenvalue weighted by molar-refractivity contribution is -0.138. The summed E-state index contributed by atoms with van der Waals surface area (Å²) in [7, 11) is 1.63. The maximum Gasteiger partial charge on any atom is 0.223 e. The number of hydrogen-bond acceptors (Lipinski definition) is 3. The van der Waals surface area contributed by atoms with Crippen molar-refractivity contribution in [3.8, 4) is 0 Å². The molecular weight excluding hydrogens is 264 g/mol. The Morgan fingerprint density at radius 1 is 1.53 bits per heavy atom. The van der Waals surface area contributed by atoms with Crippen molar-refractivity contribution >= 4 is 17.5 Å². The lowest BCUT2D eigenvalue weighted by atomic mass is 9.90. The number of carbonyl (C=O) groups excluding carboxylic acids is 1. The number of ether oxygens (including phenoxy) is 1. The van der Waals surface area contributed by atoms with Crippen LogP contribution in [0.15, 0.2) is 24.3 Å². The van der Waals surface area contributed by atoms with Crippen LogP contribution in [0, 0.1) is 0 Å². The number of rotatable bonds is 4. The fourth-order valence-corrected chi connectivity index (χ4v) is 2.75. The Balaban J connectivity index is 2.28. The van der Waals surface area contributed by atoms with Crippen molar-refractivity contribution in [2.24, 2.45) is 5.73 Å². The first-order chi connectivity index (χ1) is 9.13. The summed E-state index contributed by atoms with van der Waals surface area (Å²) in [6.07, 6.45) is 1.21. The van der Waals surface area contributed by atoms with Gasteiger partial charge in [-0.1, -0.05) is 23.7 Å². The summed E-state index contributed by atoms with van der Waals surface area (Å²) in [5, 5.41) is 0.661. The molecule has 0 aliphatic carbocycles. The average Bonchev–Trinajstić information content (AvgIpc) is 2.39. The quantitative estimate of drug-likeness (QED) is 0.919. The van der Waals surface area contributed by atoms with E-state index in [9.17, 15) is 4.79 Å². The average molecular weight is 283 g/mol. The van der Waals surface area contributed by atoms with Crippen molar-refractivity contribution < 1.29 is 9.53 Å². The molecule has 1 fully saturated rings. The van der Waals surface area contributed by atoms with Gasteiger partial charge in [0.2, 0.25) is 5.91 Å². The van der Waals surface area contributed by atoms with E-state index in [4.69, 9.17) is 22.1 Å². The van der Waals surface area contributed by atoms with Gasteiger partial charge in [-0.2, -0.15) is 0 Å². The van der Waals surface area contributed by atoms with Gasteiger partial charge in [0, 0.05) is 31.1 Å². The van der Waals surface area contributed by atoms with Gasteiger partial charge >= 0.3 is 0 Å². The molecule has 2 N–H and O–H groups in total. The molecule has 0 radical (unpaired) electrons. The second-order valence-electron chi connectivity index (χ2n) is 4.78. The van der Waals surface area contributed by atoms with Gasteiger partial charge in [0.15, 0.2) is 0 Å². The van der Waals surface area contributed by atoms with Crippen LogP contribution in [0.5, 0.6) is 0 Å². The van der Waals surface area contributed by atoms with Gasteiger partial charge in [-0.15, -0.1) is 0 Å². The van der Waals surface area contributed by atoms with E-state index in [0.29, 0.717) is 31.0 Å². The molecular formula is C14H19ClN2O2. The van der Waals surface area contributed by atoms with E-state index in [-0.39, 0.29) is 18.0 Å². The maximum absolute atomic E-state index is 12.1. The number of benzene rings is 1. The third-order valence-corrected chi connectivity index (χ3v) is 3.71. The summed E-state index contributed by atoms with van der Waals surface area (Å²) in [5.74, 6) is 0.128. The first-order valence-electron chi connectivity index (χ1n) is 6.43. The molecule has 1 saturated heterocycles. The molecule has 2 unspecified atom stereocenters. The number of piperidine rings is 1. The number of likely N-dealkylation sites (tertiary alicyclic amines) is 1. The summed E-state index contributed by atoms with van der Waals surface area (Å²) in [6, 6.07) is 7.38. The van der Waals surface area contributed by atoms with E-state index in [2.05, 4.69) is 0 Å². The Kier molecular flexibility index (Phi) is 4.80. The van der Waals surface area contributed by atoms with Crippen LogP contribution in [0.25, 0.3) is 0 Å². The largest absolute Gasteiger partial charge is 0.383 e. The third-order valence-electron chi connectivity index (χ3n) is 3.48.